The first-order valence-corrected chi connectivity index (χ1v) is 5.49. The lowest BCUT2D eigenvalue weighted by molar-refractivity contribution is -0.163. The van der Waals surface area contributed by atoms with Gasteiger partial charge in [-0.05, 0) is 0 Å². The predicted octanol–water partition coefficient (Wildman–Crippen LogP) is 1.88. The molecule has 0 atom stereocenters. The van der Waals surface area contributed by atoms with E-state index >= 15 is 0 Å². The van der Waals surface area contributed by atoms with E-state index in [-0.39, 0.29) is 29.5 Å². The molecule has 1 aromatic carbocycles. The van der Waals surface area contributed by atoms with Crippen LogP contribution in [0.4, 0.5) is 28.9 Å². The maximum Gasteiger partial charge on any atom is 0.383 e. The maximum absolute atomic E-state index is 12.8. The third-order valence-electron chi connectivity index (χ3n) is 2.54. The Morgan fingerprint density at radius 2 is 1.80 bits per heavy atom. The zero-order valence-corrected chi connectivity index (χ0v) is 9.96. The van der Waals surface area contributed by atoms with Gasteiger partial charge in [-0.15, -0.1) is 0 Å². The van der Waals surface area contributed by atoms with Crippen LogP contribution < -0.4 is 20.5 Å². The van der Waals surface area contributed by atoms with Crippen LogP contribution in [0.5, 0.6) is 11.5 Å². The van der Waals surface area contributed by atoms with Gasteiger partial charge in [0.15, 0.2) is 11.5 Å². The molecule has 1 aliphatic heterocycles. The van der Waals surface area contributed by atoms with Gasteiger partial charge in [0.1, 0.15) is 13.2 Å². The van der Waals surface area contributed by atoms with Crippen molar-refractivity contribution < 1.29 is 31.8 Å². The molecule has 0 saturated heterocycles. The summed E-state index contributed by atoms with van der Waals surface area (Å²) in [6.45, 7) is 0.527. The van der Waals surface area contributed by atoms with Gasteiger partial charge in [-0.25, -0.2) is 8.78 Å². The van der Waals surface area contributed by atoms with Gasteiger partial charge in [0.25, 0.3) is 0 Å². The maximum atomic E-state index is 12.8. The number of anilines is 2. The van der Waals surface area contributed by atoms with E-state index in [4.69, 9.17) is 15.2 Å². The van der Waals surface area contributed by atoms with E-state index < -0.39 is 18.3 Å². The molecule has 0 fully saturated rings. The summed E-state index contributed by atoms with van der Waals surface area (Å²) < 4.78 is 60.1. The van der Waals surface area contributed by atoms with Crippen LogP contribution >= 0.6 is 0 Å². The molecule has 20 heavy (non-hydrogen) atoms. The van der Waals surface area contributed by atoms with Crippen LogP contribution in [0.25, 0.3) is 0 Å². The zero-order chi connectivity index (χ0) is 14.9. The highest BCUT2D eigenvalue weighted by Gasteiger charge is 2.49. The van der Waals surface area contributed by atoms with Gasteiger partial charge >= 0.3 is 18.3 Å². The SMILES string of the molecule is Nc1cc2c(cc1NC(=O)C(F)(F)C(F)F)OCCO2. The predicted molar refractivity (Wildman–Crippen MR) is 61.4 cm³/mol. The van der Waals surface area contributed by atoms with Crippen LogP contribution in [0.15, 0.2) is 12.1 Å². The van der Waals surface area contributed by atoms with Crippen molar-refractivity contribution in [1.29, 1.82) is 0 Å². The number of nitrogens with one attached hydrogen (secondary N) is 1. The summed E-state index contributed by atoms with van der Waals surface area (Å²) in [6.07, 6.45) is -4.11. The number of amides is 1. The first-order chi connectivity index (χ1) is 9.32. The second-order valence-electron chi connectivity index (χ2n) is 3.96. The van der Waals surface area contributed by atoms with E-state index in [0.717, 1.165) is 6.07 Å². The van der Waals surface area contributed by atoms with Crippen molar-refractivity contribution in [3.63, 3.8) is 0 Å². The van der Waals surface area contributed by atoms with E-state index in [0.29, 0.717) is 6.61 Å². The van der Waals surface area contributed by atoms with Gasteiger partial charge in [0, 0.05) is 12.1 Å². The largest absolute Gasteiger partial charge is 0.486 e. The van der Waals surface area contributed by atoms with Crippen LogP contribution in [0.3, 0.4) is 0 Å². The van der Waals surface area contributed by atoms with Crippen LogP contribution in [0.2, 0.25) is 0 Å². The second-order valence-corrected chi connectivity index (χ2v) is 3.96. The van der Waals surface area contributed by atoms with Crippen LogP contribution in [-0.4, -0.2) is 31.5 Å². The number of ether oxygens (including phenoxy) is 2. The van der Waals surface area contributed by atoms with Crippen molar-refractivity contribution in [2.45, 2.75) is 12.3 Å². The topological polar surface area (TPSA) is 73.6 Å². The Labute approximate surface area is 110 Å². The normalized spacial score (nSPS) is 14.2. The van der Waals surface area contributed by atoms with Crippen molar-refractivity contribution in [2.75, 3.05) is 24.3 Å². The minimum Gasteiger partial charge on any atom is -0.486 e. The van der Waals surface area contributed by atoms with Gasteiger partial charge in [0.05, 0.1) is 11.4 Å². The smallest absolute Gasteiger partial charge is 0.383 e. The van der Waals surface area contributed by atoms with Crippen molar-refractivity contribution in [1.82, 2.24) is 0 Å². The number of fused-ring (bicyclic) bond motifs is 1. The zero-order valence-electron chi connectivity index (χ0n) is 9.96. The van der Waals surface area contributed by atoms with Crippen molar-refractivity contribution >= 4 is 17.3 Å². The average molecular weight is 294 g/mol. The molecule has 2 rings (SSSR count). The van der Waals surface area contributed by atoms with E-state index in [1.165, 1.54) is 6.07 Å². The Kier molecular flexibility index (Phi) is 3.60. The molecule has 0 bridgehead atoms. The molecule has 1 aromatic rings. The fourth-order valence-corrected chi connectivity index (χ4v) is 1.52. The first kappa shape index (κ1) is 14.2. The highest BCUT2D eigenvalue weighted by Crippen LogP contribution is 2.37. The molecular formula is C11H10F4N2O3. The number of rotatable bonds is 3. The molecule has 0 radical (unpaired) electrons. The van der Waals surface area contributed by atoms with Gasteiger partial charge in [-0.1, -0.05) is 0 Å². The monoisotopic (exact) mass is 294 g/mol. The number of carbonyl (C=O) groups is 1. The fraction of sp³-hybridized carbons (Fsp3) is 0.364. The lowest BCUT2D eigenvalue weighted by Crippen LogP contribution is -2.41. The fourth-order valence-electron chi connectivity index (χ4n) is 1.52. The summed E-state index contributed by atoms with van der Waals surface area (Å²) in [5.41, 5.74) is 5.18. The number of hydrogen-bond donors (Lipinski definition) is 2. The Bertz CT molecular complexity index is 537. The number of carbonyl (C=O) groups excluding carboxylic acids is 1. The summed E-state index contributed by atoms with van der Waals surface area (Å²) in [6, 6.07) is 2.40. The molecule has 0 saturated carbocycles. The van der Waals surface area contributed by atoms with Gasteiger partial charge < -0.3 is 20.5 Å². The van der Waals surface area contributed by atoms with Gasteiger partial charge in [0.2, 0.25) is 0 Å². The molecule has 9 heteroatoms. The Morgan fingerprint density at radius 3 is 2.35 bits per heavy atom. The molecule has 1 aliphatic rings. The van der Waals surface area contributed by atoms with Crippen LogP contribution in [0, 0.1) is 0 Å². The molecule has 110 valence electrons. The lowest BCUT2D eigenvalue weighted by Gasteiger charge is -2.21. The van der Waals surface area contributed by atoms with Crippen LogP contribution in [-0.2, 0) is 4.79 Å². The molecule has 5 nitrogen and oxygen atoms in total. The van der Waals surface area contributed by atoms with E-state index in [1.807, 2.05) is 0 Å². The summed E-state index contributed by atoms with van der Waals surface area (Å²) in [5, 5.41) is 1.65. The molecular weight excluding hydrogens is 284 g/mol. The molecule has 0 aromatic heterocycles. The molecule has 3 N–H and O–H groups in total. The van der Waals surface area contributed by atoms with Crippen LogP contribution in [0.1, 0.15) is 0 Å². The Hall–Kier alpha value is -2.19. The lowest BCUT2D eigenvalue weighted by atomic mass is 10.2. The molecule has 1 heterocycles. The average Bonchev–Trinajstić information content (AvgIpc) is 2.39. The Morgan fingerprint density at radius 1 is 1.25 bits per heavy atom. The van der Waals surface area contributed by atoms with Gasteiger partial charge in [-0.2, -0.15) is 8.78 Å². The molecule has 0 unspecified atom stereocenters. The number of nitrogen functional groups attached to an aromatic ring is 1. The third kappa shape index (κ3) is 2.56. The number of benzene rings is 1. The quantitative estimate of drug-likeness (QED) is 0.659. The molecule has 0 aliphatic carbocycles. The molecule has 0 spiro atoms. The summed E-state index contributed by atoms with van der Waals surface area (Å²) in [7, 11) is 0. The van der Waals surface area contributed by atoms with Crippen molar-refractivity contribution in [3.8, 4) is 11.5 Å². The van der Waals surface area contributed by atoms with E-state index in [9.17, 15) is 22.4 Å². The minimum atomic E-state index is -4.81. The van der Waals surface area contributed by atoms with Gasteiger partial charge in [-0.3, -0.25) is 4.79 Å². The highest BCUT2D eigenvalue weighted by atomic mass is 19.3. The van der Waals surface area contributed by atoms with Crippen molar-refractivity contribution in [3.05, 3.63) is 12.1 Å². The standard InChI is InChI=1S/C11H10F4N2O3/c12-9(13)11(14,15)10(18)17-6-4-8-7(3-5(6)16)19-1-2-20-8/h3-4,9H,1-2,16H2,(H,17,18). The number of hydrogen-bond acceptors (Lipinski definition) is 4. The van der Waals surface area contributed by atoms with E-state index in [1.54, 1.807) is 5.32 Å². The van der Waals surface area contributed by atoms with Crippen molar-refractivity contribution in [2.24, 2.45) is 0 Å². The Balaban J connectivity index is 2.24. The minimum absolute atomic E-state index is 0.104. The summed E-state index contributed by atoms with van der Waals surface area (Å²) in [5.74, 6) is -6.48. The second kappa shape index (κ2) is 5.06. The number of nitrogens with two attached hydrogens (primary N) is 1. The summed E-state index contributed by atoms with van der Waals surface area (Å²) >= 11 is 0. The third-order valence-corrected chi connectivity index (χ3v) is 2.54. The van der Waals surface area contributed by atoms with E-state index in [2.05, 4.69) is 0 Å². The number of halogens is 4. The first-order valence-electron chi connectivity index (χ1n) is 5.49. The summed E-state index contributed by atoms with van der Waals surface area (Å²) in [4.78, 5) is 11.1. The highest BCUT2D eigenvalue weighted by molar-refractivity contribution is 5.99. The molecule has 1 amide bonds. The number of alkyl halides is 4.